The summed E-state index contributed by atoms with van der Waals surface area (Å²) in [6, 6.07) is 0. The largest absolute Gasteiger partial charge is 0.392 e. The molecule has 0 bridgehead atoms. The number of hydrogen-bond acceptors (Lipinski definition) is 2. The van der Waals surface area contributed by atoms with Crippen molar-refractivity contribution in [1.82, 2.24) is 4.90 Å². The Hall–Kier alpha value is -0.150. The lowest BCUT2D eigenvalue weighted by Gasteiger charge is -2.31. The second kappa shape index (κ2) is 4.77. The van der Waals surface area contributed by atoms with Crippen LogP contribution < -0.4 is 0 Å². The van der Waals surface area contributed by atoms with Crippen molar-refractivity contribution in [3.05, 3.63) is 0 Å². The molecular formula is C9H18FNO. The minimum atomic E-state index is -0.828. The van der Waals surface area contributed by atoms with Gasteiger partial charge in [-0.05, 0) is 13.0 Å². The van der Waals surface area contributed by atoms with Crippen molar-refractivity contribution < 1.29 is 9.50 Å². The first-order chi connectivity index (χ1) is 5.72. The molecule has 2 unspecified atom stereocenters. The van der Waals surface area contributed by atoms with Crippen molar-refractivity contribution in [3.8, 4) is 0 Å². The Morgan fingerprint density at radius 1 is 1.50 bits per heavy atom. The van der Waals surface area contributed by atoms with Crippen LogP contribution in [-0.4, -0.2) is 41.9 Å². The van der Waals surface area contributed by atoms with Crippen molar-refractivity contribution in [1.29, 1.82) is 0 Å². The maximum absolute atomic E-state index is 12.9. The molecule has 1 saturated heterocycles. The van der Waals surface area contributed by atoms with E-state index in [1.165, 1.54) is 0 Å². The van der Waals surface area contributed by atoms with Crippen molar-refractivity contribution in [2.75, 3.05) is 19.6 Å². The van der Waals surface area contributed by atoms with E-state index in [-0.39, 0.29) is 0 Å². The molecule has 0 aromatic carbocycles. The summed E-state index contributed by atoms with van der Waals surface area (Å²) >= 11 is 0. The summed E-state index contributed by atoms with van der Waals surface area (Å²) in [6.07, 6.45) is 1.27. The molecule has 72 valence electrons. The number of piperidine rings is 1. The maximum Gasteiger partial charge on any atom is 0.115 e. The van der Waals surface area contributed by atoms with Crippen LogP contribution in [0.25, 0.3) is 0 Å². The first kappa shape index (κ1) is 9.93. The molecule has 12 heavy (non-hydrogen) atoms. The normalized spacial score (nSPS) is 32.2. The van der Waals surface area contributed by atoms with Crippen LogP contribution in [0, 0.1) is 0 Å². The number of aliphatic hydroxyl groups excluding tert-OH is 1. The number of halogens is 1. The summed E-state index contributed by atoms with van der Waals surface area (Å²) in [6.45, 7) is 4.21. The summed E-state index contributed by atoms with van der Waals surface area (Å²) in [5.41, 5.74) is 0. The number of nitrogens with zero attached hydrogens (tertiary/aromatic N) is 1. The third-order valence-electron chi connectivity index (χ3n) is 2.28. The van der Waals surface area contributed by atoms with Gasteiger partial charge in [-0.3, -0.25) is 4.90 Å². The molecule has 1 aliphatic rings. The van der Waals surface area contributed by atoms with Gasteiger partial charge in [0.2, 0.25) is 0 Å². The summed E-state index contributed by atoms with van der Waals surface area (Å²) in [5, 5.41) is 9.27. The van der Waals surface area contributed by atoms with Crippen LogP contribution in [0.3, 0.4) is 0 Å². The predicted molar refractivity (Wildman–Crippen MR) is 46.9 cm³/mol. The molecule has 3 heteroatoms. The first-order valence-electron chi connectivity index (χ1n) is 4.77. The number of rotatable bonds is 3. The van der Waals surface area contributed by atoms with Gasteiger partial charge in [-0.15, -0.1) is 0 Å². The van der Waals surface area contributed by atoms with Crippen LogP contribution >= 0.6 is 0 Å². The SMILES string of the molecule is CCCCN1CC(O)CC(F)C1. The van der Waals surface area contributed by atoms with E-state index in [1.54, 1.807) is 0 Å². The molecule has 0 aromatic heterocycles. The van der Waals surface area contributed by atoms with Crippen LogP contribution in [0.15, 0.2) is 0 Å². The highest BCUT2D eigenvalue weighted by atomic mass is 19.1. The molecule has 1 heterocycles. The van der Waals surface area contributed by atoms with E-state index in [4.69, 9.17) is 0 Å². The van der Waals surface area contributed by atoms with Gasteiger partial charge >= 0.3 is 0 Å². The topological polar surface area (TPSA) is 23.5 Å². The lowest BCUT2D eigenvalue weighted by Crippen LogP contribution is -2.44. The molecule has 2 atom stereocenters. The first-order valence-corrected chi connectivity index (χ1v) is 4.77. The maximum atomic E-state index is 12.9. The third kappa shape index (κ3) is 3.07. The van der Waals surface area contributed by atoms with Crippen molar-refractivity contribution in [2.45, 2.75) is 38.5 Å². The molecule has 0 radical (unpaired) electrons. The van der Waals surface area contributed by atoms with E-state index in [1.807, 2.05) is 4.90 Å². The zero-order chi connectivity index (χ0) is 8.97. The van der Waals surface area contributed by atoms with Crippen LogP contribution in [0.5, 0.6) is 0 Å². The molecule has 0 saturated carbocycles. The molecule has 1 aliphatic heterocycles. The summed E-state index contributed by atoms with van der Waals surface area (Å²) < 4.78 is 12.9. The highest BCUT2D eigenvalue weighted by Crippen LogP contribution is 2.13. The van der Waals surface area contributed by atoms with E-state index in [9.17, 15) is 9.50 Å². The van der Waals surface area contributed by atoms with Gasteiger partial charge in [-0.1, -0.05) is 13.3 Å². The number of unbranched alkanes of at least 4 members (excludes halogenated alkanes) is 1. The van der Waals surface area contributed by atoms with E-state index < -0.39 is 12.3 Å². The fraction of sp³-hybridized carbons (Fsp3) is 1.00. The smallest absolute Gasteiger partial charge is 0.115 e. The monoisotopic (exact) mass is 175 g/mol. The Bertz CT molecular complexity index is 122. The Morgan fingerprint density at radius 3 is 2.83 bits per heavy atom. The zero-order valence-corrected chi connectivity index (χ0v) is 7.67. The second-order valence-corrected chi connectivity index (χ2v) is 3.60. The predicted octanol–water partition coefficient (Wildman–Crippen LogP) is 1.19. The van der Waals surface area contributed by atoms with E-state index in [0.717, 1.165) is 19.4 Å². The van der Waals surface area contributed by atoms with Crippen LogP contribution in [0.2, 0.25) is 0 Å². The van der Waals surface area contributed by atoms with Crippen LogP contribution in [-0.2, 0) is 0 Å². The molecule has 1 rings (SSSR count). The van der Waals surface area contributed by atoms with Crippen LogP contribution in [0.4, 0.5) is 4.39 Å². The van der Waals surface area contributed by atoms with Crippen molar-refractivity contribution >= 4 is 0 Å². The molecule has 1 fully saturated rings. The van der Waals surface area contributed by atoms with Gasteiger partial charge in [-0.25, -0.2) is 4.39 Å². The molecular weight excluding hydrogens is 157 g/mol. The van der Waals surface area contributed by atoms with E-state index >= 15 is 0 Å². The fourth-order valence-corrected chi connectivity index (χ4v) is 1.66. The molecule has 0 spiro atoms. The number of alkyl halides is 1. The lowest BCUT2D eigenvalue weighted by molar-refractivity contribution is 0.0258. The lowest BCUT2D eigenvalue weighted by atomic mass is 10.1. The van der Waals surface area contributed by atoms with Gasteiger partial charge in [0, 0.05) is 19.5 Å². The summed E-state index contributed by atoms with van der Waals surface area (Å²) in [4.78, 5) is 2.02. The minimum Gasteiger partial charge on any atom is -0.392 e. The molecule has 1 N–H and O–H groups in total. The Kier molecular flexibility index (Phi) is 3.95. The van der Waals surface area contributed by atoms with Crippen molar-refractivity contribution in [2.24, 2.45) is 0 Å². The van der Waals surface area contributed by atoms with E-state index in [2.05, 4.69) is 6.92 Å². The summed E-state index contributed by atoms with van der Waals surface area (Å²) in [7, 11) is 0. The number of hydrogen-bond donors (Lipinski definition) is 1. The molecule has 0 aliphatic carbocycles. The van der Waals surface area contributed by atoms with Crippen LogP contribution in [0.1, 0.15) is 26.2 Å². The summed E-state index contributed by atoms with van der Waals surface area (Å²) in [5.74, 6) is 0. The van der Waals surface area contributed by atoms with Gasteiger partial charge in [0.25, 0.3) is 0 Å². The quantitative estimate of drug-likeness (QED) is 0.696. The van der Waals surface area contributed by atoms with Gasteiger partial charge in [0.15, 0.2) is 0 Å². The fourth-order valence-electron chi connectivity index (χ4n) is 1.66. The average Bonchev–Trinajstić information content (AvgIpc) is 1.99. The van der Waals surface area contributed by atoms with Gasteiger partial charge in [0.05, 0.1) is 6.10 Å². The van der Waals surface area contributed by atoms with Gasteiger partial charge < -0.3 is 5.11 Å². The van der Waals surface area contributed by atoms with Crippen molar-refractivity contribution in [3.63, 3.8) is 0 Å². The van der Waals surface area contributed by atoms with Gasteiger partial charge in [-0.2, -0.15) is 0 Å². The number of likely N-dealkylation sites (tertiary alicyclic amines) is 1. The zero-order valence-electron chi connectivity index (χ0n) is 7.67. The molecule has 0 amide bonds. The third-order valence-corrected chi connectivity index (χ3v) is 2.28. The molecule has 0 aromatic rings. The Morgan fingerprint density at radius 2 is 2.25 bits per heavy atom. The molecule has 2 nitrogen and oxygen atoms in total. The Labute approximate surface area is 73.4 Å². The average molecular weight is 175 g/mol. The van der Waals surface area contributed by atoms with E-state index in [0.29, 0.717) is 19.5 Å². The second-order valence-electron chi connectivity index (χ2n) is 3.60. The highest BCUT2D eigenvalue weighted by molar-refractivity contribution is 4.78. The number of aliphatic hydroxyl groups is 1. The minimum absolute atomic E-state index is 0.322. The standard InChI is InChI=1S/C9H18FNO/c1-2-3-4-11-6-8(10)5-9(12)7-11/h8-9,12H,2-7H2,1H3. The Balaban J connectivity index is 2.24. The number of β-amino-alcohol motifs (C(OH)–C–C–N with tert-alkyl or cyclic N) is 1. The van der Waals surface area contributed by atoms with Gasteiger partial charge in [0.1, 0.15) is 6.17 Å². The highest BCUT2D eigenvalue weighted by Gasteiger charge is 2.24.